The van der Waals surface area contributed by atoms with Crippen molar-refractivity contribution in [3.05, 3.63) is 28.3 Å². The number of hydrogen-bond donors (Lipinski definition) is 2. The van der Waals surface area contributed by atoms with Gasteiger partial charge in [0.1, 0.15) is 5.75 Å². The molecule has 0 fully saturated rings. The van der Waals surface area contributed by atoms with Gasteiger partial charge < -0.3 is 15.4 Å². The minimum absolute atomic E-state index is 0.120. The van der Waals surface area contributed by atoms with E-state index < -0.39 is 0 Å². The van der Waals surface area contributed by atoms with Gasteiger partial charge in [-0.15, -0.1) is 0 Å². The van der Waals surface area contributed by atoms with Crippen LogP contribution in [0.15, 0.2) is 6.07 Å². The maximum Gasteiger partial charge on any atom is 0.128 e. The Hall–Kier alpha value is -1.06. The van der Waals surface area contributed by atoms with Crippen molar-refractivity contribution in [1.29, 1.82) is 0 Å². The molecule has 0 unspecified atom stereocenters. The van der Waals surface area contributed by atoms with Crippen LogP contribution in [0, 0.1) is 20.8 Å². The van der Waals surface area contributed by atoms with Gasteiger partial charge in [0.25, 0.3) is 0 Å². The molecule has 1 aromatic carbocycles. The maximum atomic E-state index is 5.54. The lowest BCUT2D eigenvalue weighted by Crippen LogP contribution is -2.30. The number of nitrogens with one attached hydrogen (secondary N) is 2. The quantitative estimate of drug-likeness (QED) is 0.765. The second-order valence-corrected chi connectivity index (χ2v) is 4.09. The summed E-state index contributed by atoms with van der Waals surface area (Å²) in [4.78, 5) is 0. The smallest absolute Gasteiger partial charge is 0.128 e. The Bertz CT molecular complexity index is 371. The van der Waals surface area contributed by atoms with Crippen LogP contribution in [0.1, 0.15) is 28.4 Å². The van der Waals surface area contributed by atoms with Gasteiger partial charge >= 0.3 is 0 Å². The van der Waals surface area contributed by atoms with Gasteiger partial charge in [-0.2, -0.15) is 0 Å². The van der Waals surface area contributed by atoms with E-state index in [1.54, 1.807) is 7.11 Å². The normalized spacial score (nSPS) is 10.9. The standard InChI is InChI=1S/C13H22N2O/c1-8-7-9(2)11(13(14-4)15-5)12(16-6)10(8)3/h7,13-15H,1-6H3. The Balaban J connectivity index is 3.41. The predicted molar refractivity (Wildman–Crippen MR) is 68.1 cm³/mol. The van der Waals surface area contributed by atoms with Crippen molar-refractivity contribution in [3.8, 4) is 5.75 Å². The number of benzene rings is 1. The van der Waals surface area contributed by atoms with Crippen molar-refractivity contribution in [3.63, 3.8) is 0 Å². The average Bonchev–Trinajstić information content (AvgIpc) is 2.27. The molecule has 2 N–H and O–H groups in total. The highest BCUT2D eigenvalue weighted by Gasteiger charge is 2.18. The van der Waals surface area contributed by atoms with Gasteiger partial charge in [0.2, 0.25) is 0 Å². The van der Waals surface area contributed by atoms with Crippen molar-refractivity contribution >= 4 is 0 Å². The first-order chi connectivity index (χ1) is 7.56. The lowest BCUT2D eigenvalue weighted by atomic mass is 9.97. The van der Waals surface area contributed by atoms with E-state index in [0.29, 0.717) is 0 Å². The summed E-state index contributed by atoms with van der Waals surface area (Å²) < 4.78 is 5.54. The molecule has 0 bridgehead atoms. The molecule has 3 heteroatoms. The van der Waals surface area contributed by atoms with Crippen molar-refractivity contribution in [2.75, 3.05) is 21.2 Å². The molecule has 0 aromatic heterocycles. The van der Waals surface area contributed by atoms with Gasteiger partial charge in [-0.3, -0.25) is 0 Å². The van der Waals surface area contributed by atoms with Crippen LogP contribution in [0.4, 0.5) is 0 Å². The highest BCUT2D eigenvalue weighted by Crippen LogP contribution is 2.32. The Kier molecular flexibility index (Phi) is 4.33. The van der Waals surface area contributed by atoms with Crippen LogP contribution < -0.4 is 15.4 Å². The molecular weight excluding hydrogens is 200 g/mol. The largest absolute Gasteiger partial charge is 0.496 e. The number of rotatable bonds is 4. The van der Waals surface area contributed by atoms with E-state index in [-0.39, 0.29) is 6.17 Å². The minimum Gasteiger partial charge on any atom is -0.496 e. The van der Waals surface area contributed by atoms with Gasteiger partial charge in [0, 0.05) is 5.56 Å². The van der Waals surface area contributed by atoms with E-state index in [1.807, 2.05) is 14.1 Å². The van der Waals surface area contributed by atoms with Crippen LogP contribution in [0.25, 0.3) is 0 Å². The molecule has 3 nitrogen and oxygen atoms in total. The Labute approximate surface area is 98.2 Å². The van der Waals surface area contributed by atoms with Gasteiger partial charge in [-0.05, 0) is 51.6 Å². The van der Waals surface area contributed by atoms with Gasteiger partial charge in [-0.25, -0.2) is 0 Å². The van der Waals surface area contributed by atoms with E-state index >= 15 is 0 Å². The van der Waals surface area contributed by atoms with E-state index in [2.05, 4.69) is 37.5 Å². The fourth-order valence-electron chi connectivity index (χ4n) is 2.13. The summed E-state index contributed by atoms with van der Waals surface area (Å²) in [6, 6.07) is 2.20. The summed E-state index contributed by atoms with van der Waals surface area (Å²) in [5.74, 6) is 0.978. The second kappa shape index (κ2) is 5.32. The van der Waals surface area contributed by atoms with Gasteiger partial charge in [0.15, 0.2) is 0 Å². The molecular formula is C13H22N2O. The third-order valence-electron chi connectivity index (χ3n) is 3.10. The molecule has 0 radical (unpaired) electrons. The van der Waals surface area contributed by atoms with Crippen LogP contribution in [-0.4, -0.2) is 21.2 Å². The zero-order valence-corrected chi connectivity index (χ0v) is 11.1. The number of hydrogen-bond acceptors (Lipinski definition) is 3. The first-order valence-electron chi connectivity index (χ1n) is 5.56. The van der Waals surface area contributed by atoms with Gasteiger partial charge in [-0.1, -0.05) is 6.07 Å². The predicted octanol–water partition coefficient (Wildman–Crippen LogP) is 2.06. The first kappa shape index (κ1) is 13.0. The third-order valence-corrected chi connectivity index (χ3v) is 3.10. The monoisotopic (exact) mass is 222 g/mol. The Morgan fingerprint density at radius 3 is 2.06 bits per heavy atom. The molecule has 0 saturated carbocycles. The zero-order chi connectivity index (χ0) is 12.3. The molecule has 1 aromatic rings. The van der Waals surface area contributed by atoms with E-state index in [0.717, 1.165) is 5.75 Å². The van der Waals surface area contributed by atoms with Crippen molar-refractivity contribution in [1.82, 2.24) is 10.6 Å². The fourth-order valence-corrected chi connectivity index (χ4v) is 2.13. The first-order valence-corrected chi connectivity index (χ1v) is 5.56. The van der Waals surface area contributed by atoms with Crippen LogP contribution in [0.2, 0.25) is 0 Å². The van der Waals surface area contributed by atoms with E-state index in [4.69, 9.17) is 4.74 Å². The molecule has 0 aliphatic heterocycles. The minimum atomic E-state index is 0.120. The average molecular weight is 222 g/mol. The van der Waals surface area contributed by atoms with E-state index in [9.17, 15) is 0 Å². The van der Waals surface area contributed by atoms with Crippen LogP contribution in [-0.2, 0) is 0 Å². The van der Waals surface area contributed by atoms with E-state index in [1.165, 1.54) is 22.3 Å². The molecule has 0 aliphatic carbocycles. The Morgan fingerprint density at radius 1 is 1.06 bits per heavy atom. The fraction of sp³-hybridized carbons (Fsp3) is 0.538. The lowest BCUT2D eigenvalue weighted by Gasteiger charge is -2.23. The highest BCUT2D eigenvalue weighted by molar-refractivity contribution is 5.51. The third kappa shape index (κ3) is 2.20. The molecule has 0 atom stereocenters. The summed E-state index contributed by atoms with van der Waals surface area (Å²) in [6.45, 7) is 6.33. The SMILES string of the molecule is CNC(NC)c1c(C)cc(C)c(C)c1OC. The zero-order valence-electron chi connectivity index (χ0n) is 11.1. The summed E-state index contributed by atoms with van der Waals surface area (Å²) in [5.41, 5.74) is 4.91. The van der Waals surface area contributed by atoms with Crippen LogP contribution in [0.5, 0.6) is 5.75 Å². The summed E-state index contributed by atoms with van der Waals surface area (Å²) in [6.07, 6.45) is 0.120. The molecule has 0 saturated heterocycles. The topological polar surface area (TPSA) is 33.3 Å². The van der Waals surface area contributed by atoms with Crippen molar-refractivity contribution in [2.45, 2.75) is 26.9 Å². The van der Waals surface area contributed by atoms with Crippen molar-refractivity contribution in [2.24, 2.45) is 0 Å². The highest BCUT2D eigenvalue weighted by atomic mass is 16.5. The van der Waals surface area contributed by atoms with Gasteiger partial charge in [0.05, 0.1) is 13.3 Å². The molecule has 0 spiro atoms. The Morgan fingerprint density at radius 2 is 1.62 bits per heavy atom. The summed E-state index contributed by atoms with van der Waals surface area (Å²) in [7, 11) is 5.61. The van der Waals surface area contributed by atoms with Crippen LogP contribution >= 0.6 is 0 Å². The number of aryl methyl sites for hydroxylation is 2. The van der Waals surface area contributed by atoms with Crippen molar-refractivity contribution < 1.29 is 4.74 Å². The maximum absolute atomic E-state index is 5.54. The molecule has 90 valence electrons. The summed E-state index contributed by atoms with van der Waals surface area (Å²) >= 11 is 0. The molecule has 0 aliphatic rings. The molecule has 16 heavy (non-hydrogen) atoms. The molecule has 1 rings (SSSR count). The number of ether oxygens (including phenoxy) is 1. The number of methoxy groups -OCH3 is 1. The second-order valence-electron chi connectivity index (χ2n) is 4.09. The molecule has 0 heterocycles. The lowest BCUT2D eigenvalue weighted by molar-refractivity contribution is 0.391. The molecule has 0 amide bonds. The van der Waals surface area contributed by atoms with Crippen LogP contribution in [0.3, 0.4) is 0 Å². The summed E-state index contributed by atoms with van der Waals surface area (Å²) in [5, 5.41) is 6.48.